The third kappa shape index (κ3) is 2.59. The zero-order valence-electron chi connectivity index (χ0n) is 14.8. The molecule has 26 heavy (non-hydrogen) atoms. The van der Waals surface area contributed by atoms with Gasteiger partial charge in [-0.2, -0.15) is 0 Å². The van der Waals surface area contributed by atoms with Crippen LogP contribution in [-0.4, -0.2) is 13.8 Å². The molecule has 1 aromatic heterocycles. The van der Waals surface area contributed by atoms with Gasteiger partial charge in [-0.15, -0.1) is 0 Å². The maximum atomic E-state index is 12.2. The normalized spacial score (nSPS) is 13.5. The van der Waals surface area contributed by atoms with Gasteiger partial charge in [-0.3, -0.25) is 0 Å². The molecule has 1 aliphatic heterocycles. The van der Waals surface area contributed by atoms with Crippen molar-refractivity contribution in [2.24, 2.45) is 0 Å². The second-order valence-electron chi connectivity index (χ2n) is 6.35. The van der Waals surface area contributed by atoms with Gasteiger partial charge in [0.05, 0.1) is 24.2 Å². The van der Waals surface area contributed by atoms with Crippen molar-refractivity contribution in [1.29, 1.82) is 0 Å². The zero-order chi connectivity index (χ0) is 18.4. The van der Waals surface area contributed by atoms with Crippen LogP contribution in [0.1, 0.15) is 16.7 Å². The fourth-order valence-corrected chi connectivity index (χ4v) is 3.50. The fraction of sp³-hybridized carbons (Fsp3) is 0.250. The van der Waals surface area contributed by atoms with Crippen molar-refractivity contribution < 1.29 is 13.9 Å². The van der Waals surface area contributed by atoms with E-state index in [1.807, 2.05) is 42.2 Å². The van der Waals surface area contributed by atoms with Crippen molar-refractivity contribution in [2.45, 2.75) is 20.4 Å². The Morgan fingerprint density at radius 3 is 2.58 bits per heavy atom. The van der Waals surface area contributed by atoms with Gasteiger partial charge in [-0.1, -0.05) is 11.6 Å². The minimum atomic E-state index is -0.332. The molecular formula is C20H18ClNO4. The van der Waals surface area contributed by atoms with Crippen LogP contribution in [0.3, 0.4) is 0 Å². The van der Waals surface area contributed by atoms with Crippen LogP contribution in [0.4, 0.5) is 5.69 Å². The quantitative estimate of drug-likeness (QED) is 0.624. The Bertz CT molecular complexity index is 1060. The van der Waals surface area contributed by atoms with E-state index < -0.39 is 0 Å². The van der Waals surface area contributed by atoms with E-state index in [1.165, 1.54) is 0 Å². The van der Waals surface area contributed by atoms with Crippen molar-refractivity contribution >= 4 is 28.3 Å². The first-order valence-electron chi connectivity index (χ1n) is 8.26. The summed E-state index contributed by atoms with van der Waals surface area (Å²) in [6, 6.07) is 9.53. The molecule has 0 amide bonds. The Labute approximate surface area is 155 Å². The second kappa shape index (κ2) is 6.25. The monoisotopic (exact) mass is 371 g/mol. The molecule has 2 aromatic carbocycles. The van der Waals surface area contributed by atoms with E-state index in [0.29, 0.717) is 35.2 Å². The number of nitrogens with zero attached hydrogens (tertiary/aromatic N) is 1. The summed E-state index contributed by atoms with van der Waals surface area (Å²) in [6.07, 6.45) is 0. The second-order valence-corrected chi connectivity index (χ2v) is 6.76. The lowest BCUT2D eigenvalue weighted by molar-refractivity contribution is 0.289. The zero-order valence-corrected chi connectivity index (χ0v) is 15.5. The molecule has 0 aliphatic carbocycles. The number of ether oxygens (including phenoxy) is 2. The van der Waals surface area contributed by atoms with Crippen molar-refractivity contribution in [1.82, 2.24) is 0 Å². The molecule has 0 bridgehead atoms. The predicted octanol–water partition coefficient (Wildman–Crippen LogP) is 4.43. The van der Waals surface area contributed by atoms with Crippen molar-refractivity contribution in [3.05, 3.63) is 62.5 Å². The van der Waals surface area contributed by atoms with Gasteiger partial charge in [0.1, 0.15) is 17.1 Å². The molecule has 6 heteroatoms. The fourth-order valence-electron chi connectivity index (χ4n) is 3.22. The van der Waals surface area contributed by atoms with Crippen LogP contribution in [-0.2, 0) is 6.54 Å². The summed E-state index contributed by atoms with van der Waals surface area (Å²) in [5, 5.41) is 1.37. The van der Waals surface area contributed by atoms with Crippen LogP contribution in [0.15, 0.2) is 39.5 Å². The van der Waals surface area contributed by atoms with E-state index in [9.17, 15) is 4.79 Å². The number of methoxy groups -OCH3 is 1. The number of hydrogen-bond acceptors (Lipinski definition) is 5. The molecule has 0 saturated carbocycles. The number of fused-ring (bicyclic) bond motifs is 3. The number of rotatable bonds is 2. The lowest BCUT2D eigenvalue weighted by Crippen LogP contribution is -2.32. The summed E-state index contributed by atoms with van der Waals surface area (Å²) in [5.41, 5.74) is 3.45. The lowest BCUT2D eigenvalue weighted by atomic mass is 10.0. The van der Waals surface area contributed by atoms with E-state index in [0.717, 1.165) is 28.0 Å². The van der Waals surface area contributed by atoms with Gasteiger partial charge in [0, 0.05) is 16.6 Å². The number of hydrogen-bond donors (Lipinski definition) is 0. The summed E-state index contributed by atoms with van der Waals surface area (Å²) < 4.78 is 16.7. The first-order chi connectivity index (χ1) is 12.5. The maximum Gasteiger partial charge on any atom is 0.339 e. The first kappa shape index (κ1) is 16.8. The highest BCUT2D eigenvalue weighted by atomic mass is 35.5. The standard InChI is InChI=1S/C20H18ClNO4/c1-11-12(2)20(23)26-18-15(11)8-17(21)19-16(18)9-22(10-25-19)13-4-6-14(24-3)7-5-13/h4-8H,9-10H2,1-3H3. The van der Waals surface area contributed by atoms with Crippen LogP contribution in [0.25, 0.3) is 11.0 Å². The third-order valence-corrected chi connectivity index (χ3v) is 5.18. The summed E-state index contributed by atoms with van der Waals surface area (Å²) in [4.78, 5) is 14.2. The molecule has 0 saturated heterocycles. The van der Waals surface area contributed by atoms with Gasteiger partial charge in [-0.25, -0.2) is 4.79 Å². The van der Waals surface area contributed by atoms with E-state index in [1.54, 1.807) is 14.0 Å². The Balaban J connectivity index is 1.84. The van der Waals surface area contributed by atoms with E-state index in [-0.39, 0.29) is 5.63 Å². The third-order valence-electron chi connectivity index (χ3n) is 4.90. The summed E-state index contributed by atoms with van der Waals surface area (Å²) in [6.45, 7) is 4.56. The topological polar surface area (TPSA) is 51.9 Å². The molecule has 0 N–H and O–H groups in total. The van der Waals surface area contributed by atoms with Crippen LogP contribution in [0.2, 0.25) is 5.02 Å². The predicted molar refractivity (Wildman–Crippen MR) is 102 cm³/mol. The average Bonchev–Trinajstić information content (AvgIpc) is 2.67. The van der Waals surface area contributed by atoms with E-state index >= 15 is 0 Å². The van der Waals surface area contributed by atoms with Crippen LogP contribution in [0, 0.1) is 13.8 Å². The molecule has 2 heterocycles. The highest BCUT2D eigenvalue weighted by molar-refractivity contribution is 6.33. The SMILES string of the molecule is COc1ccc(N2COc3c(Cl)cc4c(C)c(C)c(=O)oc4c3C2)cc1. The number of aryl methyl sites for hydroxylation is 1. The molecule has 0 fully saturated rings. The molecule has 134 valence electrons. The van der Waals surface area contributed by atoms with Gasteiger partial charge in [0.2, 0.25) is 0 Å². The molecule has 5 nitrogen and oxygen atoms in total. The van der Waals surface area contributed by atoms with Crippen molar-refractivity contribution in [3.8, 4) is 11.5 Å². The first-order valence-corrected chi connectivity index (χ1v) is 8.64. The summed E-state index contributed by atoms with van der Waals surface area (Å²) >= 11 is 6.44. The number of halogens is 1. The van der Waals surface area contributed by atoms with Crippen LogP contribution < -0.4 is 20.0 Å². The Hall–Kier alpha value is -2.66. The Morgan fingerprint density at radius 1 is 1.15 bits per heavy atom. The minimum Gasteiger partial charge on any atom is -0.497 e. The Morgan fingerprint density at radius 2 is 1.88 bits per heavy atom. The lowest BCUT2D eigenvalue weighted by Gasteiger charge is -2.31. The minimum absolute atomic E-state index is 0.332. The highest BCUT2D eigenvalue weighted by Crippen LogP contribution is 2.40. The largest absolute Gasteiger partial charge is 0.497 e. The summed E-state index contributed by atoms with van der Waals surface area (Å²) in [5.74, 6) is 1.37. The van der Waals surface area contributed by atoms with Crippen molar-refractivity contribution in [3.63, 3.8) is 0 Å². The molecule has 0 unspecified atom stereocenters. The summed E-state index contributed by atoms with van der Waals surface area (Å²) in [7, 11) is 1.63. The van der Waals surface area contributed by atoms with Gasteiger partial charge in [0.25, 0.3) is 0 Å². The molecule has 0 radical (unpaired) electrons. The average molecular weight is 372 g/mol. The molecule has 0 spiro atoms. The molecule has 3 aromatic rings. The van der Waals surface area contributed by atoms with E-state index in [4.69, 9.17) is 25.5 Å². The molecule has 1 aliphatic rings. The van der Waals surface area contributed by atoms with Gasteiger partial charge < -0.3 is 18.8 Å². The smallest absolute Gasteiger partial charge is 0.339 e. The van der Waals surface area contributed by atoms with Gasteiger partial charge in [0.15, 0.2) is 6.73 Å². The molecular weight excluding hydrogens is 354 g/mol. The van der Waals surface area contributed by atoms with Crippen LogP contribution in [0.5, 0.6) is 11.5 Å². The maximum absolute atomic E-state index is 12.2. The van der Waals surface area contributed by atoms with Gasteiger partial charge >= 0.3 is 5.63 Å². The number of benzene rings is 2. The highest BCUT2D eigenvalue weighted by Gasteiger charge is 2.25. The number of anilines is 1. The van der Waals surface area contributed by atoms with Crippen molar-refractivity contribution in [2.75, 3.05) is 18.7 Å². The molecule has 4 rings (SSSR count). The molecule has 0 atom stereocenters. The van der Waals surface area contributed by atoms with Gasteiger partial charge in [-0.05, 0) is 49.7 Å². The Kier molecular flexibility index (Phi) is 4.04. The van der Waals surface area contributed by atoms with E-state index in [2.05, 4.69) is 0 Å². The van der Waals surface area contributed by atoms with Crippen LogP contribution >= 0.6 is 11.6 Å².